The van der Waals surface area contributed by atoms with Gasteiger partial charge in [-0.25, -0.2) is 0 Å². The van der Waals surface area contributed by atoms with Crippen molar-refractivity contribution in [3.63, 3.8) is 0 Å². The van der Waals surface area contributed by atoms with Crippen molar-refractivity contribution in [3.05, 3.63) is 41.0 Å². The fourth-order valence-corrected chi connectivity index (χ4v) is 2.75. The van der Waals surface area contributed by atoms with E-state index in [1.54, 1.807) is 11.8 Å². The lowest BCUT2D eigenvalue weighted by Crippen LogP contribution is -2.02. The maximum absolute atomic E-state index is 5.76. The number of ether oxygens (including phenoxy) is 1. The second-order valence-corrected chi connectivity index (χ2v) is 5.32. The predicted molar refractivity (Wildman–Crippen MR) is 78.9 cm³/mol. The molecular weight excluding hydrogens is 288 g/mol. The largest absolute Gasteiger partial charge is 0.377 e. The van der Waals surface area contributed by atoms with Crippen molar-refractivity contribution >= 4 is 11.3 Å². The summed E-state index contributed by atoms with van der Waals surface area (Å²) in [5.41, 5.74) is 8.33. The number of aromatic nitrogens is 5. The Hall–Kier alpha value is -2.16. The molecule has 3 rings (SSSR count). The predicted octanol–water partition coefficient (Wildman–Crippen LogP) is 1.39. The van der Waals surface area contributed by atoms with Crippen LogP contribution in [0.3, 0.4) is 0 Å². The lowest BCUT2D eigenvalue weighted by molar-refractivity contribution is 0.184. The average Bonchev–Trinajstić information content (AvgIpc) is 3.14. The van der Waals surface area contributed by atoms with Gasteiger partial charge in [-0.3, -0.25) is 0 Å². The molecule has 7 nitrogen and oxygen atoms in total. The summed E-state index contributed by atoms with van der Waals surface area (Å²) >= 11 is 1.42. The van der Waals surface area contributed by atoms with E-state index in [1.807, 2.05) is 30.3 Å². The molecule has 0 fully saturated rings. The summed E-state index contributed by atoms with van der Waals surface area (Å²) in [5, 5.41) is 18.0. The fraction of sp³-hybridized carbons (Fsp3) is 0.231. The molecule has 2 N–H and O–H groups in total. The molecule has 21 heavy (non-hydrogen) atoms. The van der Waals surface area contributed by atoms with E-state index in [-0.39, 0.29) is 0 Å². The molecule has 0 spiro atoms. The van der Waals surface area contributed by atoms with Crippen molar-refractivity contribution < 1.29 is 4.74 Å². The third-order valence-corrected chi connectivity index (χ3v) is 3.76. The number of hydrogen-bond donors (Lipinski definition) is 1. The highest BCUT2D eigenvalue weighted by Gasteiger charge is 2.18. The maximum Gasteiger partial charge on any atom is 0.234 e. The Morgan fingerprint density at radius 1 is 1.19 bits per heavy atom. The highest BCUT2D eigenvalue weighted by atomic mass is 32.1. The lowest BCUT2D eigenvalue weighted by atomic mass is 10.1. The Kier molecular flexibility index (Phi) is 4.00. The molecule has 0 saturated heterocycles. The summed E-state index contributed by atoms with van der Waals surface area (Å²) in [4.78, 5) is 0. The zero-order valence-electron chi connectivity index (χ0n) is 11.4. The van der Waals surface area contributed by atoms with Gasteiger partial charge in [-0.1, -0.05) is 46.9 Å². The summed E-state index contributed by atoms with van der Waals surface area (Å²) in [6.45, 7) is 0.741. The van der Waals surface area contributed by atoms with E-state index >= 15 is 0 Å². The molecule has 1 aromatic carbocycles. The second kappa shape index (κ2) is 6.08. The molecule has 8 heteroatoms. The van der Waals surface area contributed by atoms with Crippen molar-refractivity contribution in [2.75, 3.05) is 7.11 Å². The number of benzene rings is 1. The Bertz CT molecular complexity index is 723. The topological polar surface area (TPSA) is 91.7 Å². The molecule has 0 aliphatic carbocycles. The smallest absolute Gasteiger partial charge is 0.234 e. The molecule has 0 aliphatic rings. The number of hydrogen-bond acceptors (Lipinski definition) is 7. The first-order valence-electron chi connectivity index (χ1n) is 6.35. The van der Waals surface area contributed by atoms with Crippen LogP contribution in [0.1, 0.15) is 10.7 Å². The second-order valence-electron chi connectivity index (χ2n) is 4.28. The monoisotopic (exact) mass is 302 g/mol. The number of methoxy groups -OCH3 is 1. The van der Waals surface area contributed by atoms with Gasteiger partial charge in [0.15, 0.2) is 0 Å². The van der Waals surface area contributed by atoms with Crippen LogP contribution in [-0.4, -0.2) is 32.3 Å². The quantitative estimate of drug-likeness (QED) is 0.765. The Morgan fingerprint density at radius 2 is 2.00 bits per heavy atom. The summed E-state index contributed by atoms with van der Waals surface area (Å²) in [6, 6.07) is 9.87. The van der Waals surface area contributed by atoms with Crippen molar-refractivity contribution in [1.29, 1.82) is 0 Å². The first kappa shape index (κ1) is 13.8. The molecule has 3 aromatic rings. The zero-order chi connectivity index (χ0) is 14.7. The normalized spacial score (nSPS) is 11.0. The first-order valence-corrected chi connectivity index (χ1v) is 7.17. The molecule has 2 aromatic heterocycles. The highest BCUT2D eigenvalue weighted by Crippen LogP contribution is 2.26. The Labute approximate surface area is 125 Å². The van der Waals surface area contributed by atoms with E-state index in [0.717, 1.165) is 22.0 Å². The van der Waals surface area contributed by atoms with E-state index in [0.29, 0.717) is 18.3 Å². The van der Waals surface area contributed by atoms with Crippen LogP contribution in [-0.2, 0) is 17.9 Å². The molecular formula is C13H14N6OS. The Balaban J connectivity index is 2.08. The minimum absolute atomic E-state index is 0.313. The van der Waals surface area contributed by atoms with Crippen molar-refractivity contribution in [1.82, 2.24) is 25.2 Å². The van der Waals surface area contributed by atoms with E-state index in [1.165, 1.54) is 11.3 Å². The van der Waals surface area contributed by atoms with Crippen LogP contribution in [0.25, 0.3) is 16.4 Å². The van der Waals surface area contributed by atoms with Crippen LogP contribution in [0.15, 0.2) is 30.3 Å². The van der Waals surface area contributed by atoms with Crippen LogP contribution in [0.4, 0.5) is 0 Å². The minimum Gasteiger partial charge on any atom is -0.377 e. The van der Waals surface area contributed by atoms with Gasteiger partial charge in [0.2, 0.25) is 5.13 Å². The number of nitrogens with zero attached hydrogens (tertiary/aromatic N) is 5. The van der Waals surface area contributed by atoms with Gasteiger partial charge in [0.1, 0.15) is 23.0 Å². The SMILES string of the molecule is COCc1nnc(-n2nnc(CN)c2-c2ccccc2)s1. The molecule has 0 aliphatic heterocycles. The fourth-order valence-electron chi connectivity index (χ4n) is 1.98. The summed E-state index contributed by atoms with van der Waals surface area (Å²) in [5.74, 6) is 0. The van der Waals surface area contributed by atoms with Gasteiger partial charge in [0.05, 0.1) is 0 Å². The van der Waals surface area contributed by atoms with E-state index in [9.17, 15) is 0 Å². The van der Waals surface area contributed by atoms with E-state index < -0.39 is 0 Å². The van der Waals surface area contributed by atoms with Gasteiger partial charge in [0.25, 0.3) is 0 Å². The molecule has 0 unspecified atom stereocenters. The van der Waals surface area contributed by atoms with Crippen molar-refractivity contribution in [2.45, 2.75) is 13.2 Å². The van der Waals surface area contributed by atoms with Gasteiger partial charge < -0.3 is 10.5 Å². The van der Waals surface area contributed by atoms with E-state index in [2.05, 4.69) is 20.5 Å². The number of rotatable bonds is 5. The van der Waals surface area contributed by atoms with Gasteiger partial charge in [0, 0.05) is 19.2 Å². The van der Waals surface area contributed by atoms with Crippen LogP contribution in [0.2, 0.25) is 0 Å². The molecule has 0 atom stereocenters. The standard InChI is InChI=1S/C13H14N6OS/c1-20-8-11-16-17-13(21-11)19-12(10(7-14)15-18-19)9-5-3-2-4-6-9/h2-6H,7-8,14H2,1H3. The summed E-state index contributed by atoms with van der Waals surface area (Å²) < 4.78 is 6.74. The van der Waals surface area contributed by atoms with Gasteiger partial charge in [-0.2, -0.15) is 4.68 Å². The third kappa shape index (κ3) is 2.68. The van der Waals surface area contributed by atoms with Gasteiger partial charge in [-0.05, 0) is 0 Å². The highest BCUT2D eigenvalue weighted by molar-refractivity contribution is 7.13. The van der Waals surface area contributed by atoms with Crippen molar-refractivity contribution in [3.8, 4) is 16.4 Å². The third-order valence-electron chi connectivity index (χ3n) is 2.89. The van der Waals surface area contributed by atoms with Crippen LogP contribution < -0.4 is 5.73 Å². The average molecular weight is 302 g/mol. The van der Waals surface area contributed by atoms with E-state index in [4.69, 9.17) is 10.5 Å². The van der Waals surface area contributed by atoms with Gasteiger partial charge in [-0.15, -0.1) is 15.3 Å². The number of nitrogens with two attached hydrogens (primary N) is 1. The van der Waals surface area contributed by atoms with Crippen LogP contribution in [0.5, 0.6) is 0 Å². The van der Waals surface area contributed by atoms with Crippen LogP contribution in [0, 0.1) is 0 Å². The molecule has 0 radical (unpaired) electrons. The Morgan fingerprint density at radius 3 is 2.71 bits per heavy atom. The van der Waals surface area contributed by atoms with Gasteiger partial charge >= 0.3 is 0 Å². The molecule has 0 saturated carbocycles. The molecule has 0 amide bonds. The zero-order valence-corrected chi connectivity index (χ0v) is 12.2. The van der Waals surface area contributed by atoms with Crippen molar-refractivity contribution in [2.24, 2.45) is 5.73 Å². The molecule has 108 valence electrons. The first-order chi connectivity index (χ1) is 10.3. The summed E-state index contributed by atoms with van der Waals surface area (Å²) in [6.07, 6.45) is 0. The molecule has 2 heterocycles. The summed E-state index contributed by atoms with van der Waals surface area (Å²) in [7, 11) is 1.62. The van der Waals surface area contributed by atoms with Crippen LogP contribution >= 0.6 is 11.3 Å². The maximum atomic E-state index is 5.76. The lowest BCUT2D eigenvalue weighted by Gasteiger charge is -2.04. The minimum atomic E-state index is 0.313. The molecule has 0 bridgehead atoms.